The molecule has 5 nitrogen and oxygen atoms in total. The van der Waals surface area contributed by atoms with Gasteiger partial charge in [-0.05, 0) is 39.0 Å². The highest BCUT2D eigenvalue weighted by atomic mass is 16.3. The van der Waals surface area contributed by atoms with Crippen LogP contribution in [0.3, 0.4) is 0 Å². The first-order valence-corrected chi connectivity index (χ1v) is 6.47. The average molecular weight is 246 g/mol. The van der Waals surface area contributed by atoms with Gasteiger partial charge in [0.2, 0.25) is 0 Å². The topological polar surface area (TPSA) is 63.8 Å². The van der Waals surface area contributed by atoms with Crippen LogP contribution in [-0.4, -0.2) is 31.2 Å². The van der Waals surface area contributed by atoms with Crippen LogP contribution in [0, 0.1) is 19.8 Å². The Bertz CT molecular complexity index is 578. The summed E-state index contributed by atoms with van der Waals surface area (Å²) in [5, 5.41) is 9.23. The van der Waals surface area contributed by atoms with E-state index in [1.54, 1.807) is 0 Å². The van der Waals surface area contributed by atoms with Gasteiger partial charge in [-0.25, -0.2) is 15.0 Å². The fourth-order valence-electron chi connectivity index (χ4n) is 2.93. The summed E-state index contributed by atoms with van der Waals surface area (Å²) in [5.41, 5.74) is 2.77. The van der Waals surface area contributed by atoms with Crippen LogP contribution in [0.25, 0.3) is 11.2 Å². The second-order valence-corrected chi connectivity index (χ2v) is 5.20. The largest absolute Gasteiger partial charge is 0.396 e. The number of hydrogen-bond acceptors (Lipinski definition) is 4. The number of aliphatic hydroxyl groups excluding tert-OH is 1. The molecule has 0 bridgehead atoms. The lowest BCUT2D eigenvalue weighted by Crippen LogP contribution is -2.07. The van der Waals surface area contributed by atoms with Crippen LogP contribution in [0.2, 0.25) is 0 Å². The Morgan fingerprint density at radius 1 is 1.33 bits per heavy atom. The SMILES string of the molecule is Cc1nc(C)c2ncn([C@@H]3CC[C@H](CO)C3)c2n1. The zero-order chi connectivity index (χ0) is 12.7. The number of aromatic nitrogens is 4. The Labute approximate surface area is 106 Å². The molecule has 1 aliphatic carbocycles. The Kier molecular flexibility index (Phi) is 2.78. The summed E-state index contributed by atoms with van der Waals surface area (Å²) in [6.45, 7) is 4.17. The Morgan fingerprint density at radius 3 is 2.89 bits per heavy atom. The van der Waals surface area contributed by atoms with Crippen molar-refractivity contribution in [2.24, 2.45) is 5.92 Å². The molecule has 0 saturated heterocycles. The summed E-state index contributed by atoms with van der Waals surface area (Å²) >= 11 is 0. The van der Waals surface area contributed by atoms with E-state index in [0.717, 1.165) is 41.9 Å². The molecule has 96 valence electrons. The van der Waals surface area contributed by atoms with Crippen molar-refractivity contribution < 1.29 is 5.11 Å². The molecular weight excluding hydrogens is 228 g/mol. The molecule has 5 heteroatoms. The van der Waals surface area contributed by atoms with Gasteiger partial charge in [-0.15, -0.1) is 0 Å². The van der Waals surface area contributed by atoms with Crippen LogP contribution in [-0.2, 0) is 0 Å². The van der Waals surface area contributed by atoms with Crippen molar-refractivity contribution in [2.75, 3.05) is 6.61 Å². The van der Waals surface area contributed by atoms with Gasteiger partial charge in [0.05, 0.1) is 12.0 Å². The van der Waals surface area contributed by atoms with Crippen molar-refractivity contribution in [2.45, 2.75) is 39.2 Å². The summed E-state index contributed by atoms with van der Waals surface area (Å²) in [4.78, 5) is 13.3. The van der Waals surface area contributed by atoms with Crippen molar-refractivity contribution >= 4 is 11.2 Å². The minimum absolute atomic E-state index is 0.288. The molecule has 18 heavy (non-hydrogen) atoms. The first kappa shape index (κ1) is 11.6. The van der Waals surface area contributed by atoms with Crippen molar-refractivity contribution in [1.29, 1.82) is 0 Å². The molecule has 1 fully saturated rings. The molecule has 1 aliphatic rings. The summed E-state index contributed by atoms with van der Waals surface area (Å²) < 4.78 is 2.16. The second kappa shape index (κ2) is 4.31. The van der Waals surface area contributed by atoms with Crippen molar-refractivity contribution in [3.8, 4) is 0 Å². The first-order chi connectivity index (χ1) is 8.69. The van der Waals surface area contributed by atoms with Gasteiger partial charge in [0.25, 0.3) is 0 Å². The fourth-order valence-corrected chi connectivity index (χ4v) is 2.93. The second-order valence-electron chi connectivity index (χ2n) is 5.20. The predicted octanol–water partition coefficient (Wildman–Crippen LogP) is 1.78. The molecule has 2 aromatic rings. The fraction of sp³-hybridized carbons (Fsp3) is 0.615. The monoisotopic (exact) mass is 246 g/mol. The lowest BCUT2D eigenvalue weighted by Gasteiger charge is -2.12. The lowest BCUT2D eigenvalue weighted by atomic mass is 10.1. The van der Waals surface area contributed by atoms with Crippen molar-refractivity contribution in [1.82, 2.24) is 19.5 Å². The highest BCUT2D eigenvalue weighted by molar-refractivity contribution is 5.73. The quantitative estimate of drug-likeness (QED) is 0.877. The third kappa shape index (κ3) is 1.79. The van der Waals surface area contributed by atoms with Crippen LogP contribution in [0.5, 0.6) is 0 Å². The third-order valence-corrected chi connectivity index (χ3v) is 3.87. The van der Waals surface area contributed by atoms with Crippen LogP contribution in [0.4, 0.5) is 0 Å². The van der Waals surface area contributed by atoms with Gasteiger partial charge in [0, 0.05) is 12.6 Å². The maximum absolute atomic E-state index is 9.23. The molecular formula is C13H18N4O. The number of hydrogen-bond donors (Lipinski definition) is 1. The van der Waals surface area contributed by atoms with E-state index >= 15 is 0 Å². The summed E-state index contributed by atoms with van der Waals surface area (Å²) in [7, 11) is 0. The standard InChI is InChI=1S/C13H18N4O/c1-8-12-13(16-9(2)15-8)17(7-14-12)11-4-3-10(5-11)6-18/h7,10-11,18H,3-6H2,1-2H3/t10-,11+/m0/s1. The summed E-state index contributed by atoms with van der Waals surface area (Å²) in [6.07, 6.45) is 5.07. The molecule has 0 amide bonds. The molecule has 2 heterocycles. The van der Waals surface area contributed by atoms with Gasteiger partial charge >= 0.3 is 0 Å². The lowest BCUT2D eigenvalue weighted by molar-refractivity contribution is 0.226. The van der Waals surface area contributed by atoms with Gasteiger partial charge in [-0.1, -0.05) is 0 Å². The van der Waals surface area contributed by atoms with Gasteiger partial charge in [0.1, 0.15) is 11.3 Å². The normalized spacial score (nSPS) is 23.9. The van der Waals surface area contributed by atoms with E-state index < -0.39 is 0 Å². The van der Waals surface area contributed by atoms with E-state index in [9.17, 15) is 5.11 Å². The molecule has 0 aromatic carbocycles. The molecule has 2 aromatic heterocycles. The highest BCUT2D eigenvalue weighted by Gasteiger charge is 2.27. The van der Waals surface area contributed by atoms with Crippen LogP contribution < -0.4 is 0 Å². The van der Waals surface area contributed by atoms with Crippen LogP contribution in [0.1, 0.15) is 36.8 Å². The zero-order valence-electron chi connectivity index (χ0n) is 10.8. The van der Waals surface area contributed by atoms with Gasteiger partial charge in [0.15, 0.2) is 5.65 Å². The first-order valence-electron chi connectivity index (χ1n) is 6.47. The number of nitrogens with zero attached hydrogens (tertiary/aromatic N) is 4. The third-order valence-electron chi connectivity index (χ3n) is 3.87. The number of fused-ring (bicyclic) bond motifs is 1. The Hall–Kier alpha value is -1.49. The van der Waals surface area contributed by atoms with Gasteiger partial charge in [-0.2, -0.15) is 0 Å². The molecule has 1 saturated carbocycles. The predicted molar refractivity (Wildman–Crippen MR) is 68.3 cm³/mol. The smallest absolute Gasteiger partial charge is 0.164 e. The van der Waals surface area contributed by atoms with Crippen LogP contribution >= 0.6 is 0 Å². The Balaban J connectivity index is 2.03. The van der Waals surface area contributed by atoms with E-state index in [1.807, 2.05) is 20.2 Å². The molecule has 2 atom stereocenters. The van der Waals surface area contributed by atoms with Crippen molar-refractivity contribution in [3.63, 3.8) is 0 Å². The number of rotatable bonds is 2. The van der Waals surface area contributed by atoms with E-state index in [1.165, 1.54) is 0 Å². The number of aryl methyl sites for hydroxylation is 2. The van der Waals surface area contributed by atoms with E-state index in [-0.39, 0.29) is 6.61 Å². The van der Waals surface area contributed by atoms with E-state index in [4.69, 9.17) is 0 Å². The zero-order valence-corrected chi connectivity index (χ0v) is 10.8. The average Bonchev–Trinajstić information content (AvgIpc) is 2.93. The molecule has 0 radical (unpaired) electrons. The van der Waals surface area contributed by atoms with E-state index in [2.05, 4.69) is 19.5 Å². The van der Waals surface area contributed by atoms with Crippen molar-refractivity contribution in [3.05, 3.63) is 17.8 Å². The van der Waals surface area contributed by atoms with Crippen LogP contribution in [0.15, 0.2) is 6.33 Å². The number of imidazole rings is 1. The maximum atomic E-state index is 9.23. The van der Waals surface area contributed by atoms with E-state index in [0.29, 0.717) is 12.0 Å². The minimum atomic E-state index is 0.288. The molecule has 1 N–H and O–H groups in total. The minimum Gasteiger partial charge on any atom is -0.396 e. The Morgan fingerprint density at radius 2 is 2.17 bits per heavy atom. The number of aliphatic hydroxyl groups is 1. The molecule has 0 unspecified atom stereocenters. The highest BCUT2D eigenvalue weighted by Crippen LogP contribution is 2.35. The maximum Gasteiger partial charge on any atom is 0.164 e. The van der Waals surface area contributed by atoms with Gasteiger partial charge in [-0.3, -0.25) is 0 Å². The summed E-state index contributed by atoms with van der Waals surface area (Å²) in [5.74, 6) is 1.22. The molecule has 0 spiro atoms. The van der Waals surface area contributed by atoms with Gasteiger partial charge < -0.3 is 9.67 Å². The molecule has 3 rings (SSSR count). The molecule has 0 aliphatic heterocycles. The summed E-state index contributed by atoms with van der Waals surface area (Å²) in [6, 6.07) is 0.417.